The highest BCUT2D eigenvalue weighted by molar-refractivity contribution is 6.06. The lowest BCUT2D eigenvalue weighted by atomic mass is 9.94. The molecular formula is C26H25N3O4. The fourth-order valence-corrected chi connectivity index (χ4v) is 3.69. The van der Waals surface area contributed by atoms with E-state index in [1.807, 2.05) is 54.6 Å². The Kier molecular flexibility index (Phi) is 6.59. The molecule has 168 valence electrons. The smallest absolute Gasteiger partial charge is 0.319 e. The van der Waals surface area contributed by atoms with Crippen molar-refractivity contribution in [1.82, 2.24) is 10.6 Å². The van der Waals surface area contributed by atoms with E-state index in [1.54, 1.807) is 38.3 Å². The van der Waals surface area contributed by atoms with Crippen LogP contribution < -0.4 is 25.4 Å². The lowest BCUT2D eigenvalue weighted by Gasteiger charge is -2.29. The monoisotopic (exact) mass is 443 g/mol. The Morgan fingerprint density at radius 2 is 1.67 bits per heavy atom. The molecule has 1 heterocycles. The third kappa shape index (κ3) is 5.15. The van der Waals surface area contributed by atoms with Crippen LogP contribution in [0.15, 0.2) is 90.1 Å². The first kappa shape index (κ1) is 22.0. The average Bonchev–Trinajstić information content (AvgIpc) is 2.83. The predicted octanol–water partition coefficient (Wildman–Crippen LogP) is 4.54. The number of hydrogen-bond acceptors (Lipinski definition) is 4. The molecule has 0 radical (unpaired) electrons. The van der Waals surface area contributed by atoms with Crippen LogP contribution in [0.1, 0.15) is 24.1 Å². The first-order valence-electron chi connectivity index (χ1n) is 10.5. The summed E-state index contributed by atoms with van der Waals surface area (Å²) in [6, 6.07) is 23.3. The van der Waals surface area contributed by atoms with Crippen LogP contribution in [-0.4, -0.2) is 19.0 Å². The molecule has 1 atom stereocenters. The van der Waals surface area contributed by atoms with Gasteiger partial charge in [0.1, 0.15) is 6.61 Å². The molecule has 33 heavy (non-hydrogen) atoms. The van der Waals surface area contributed by atoms with Crippen LogP contribution in [0.2, 0.25) is 0 Å². The molecule has 0 unspecified atom stereocenters. The number of methoxy groups -OCH3 is 1. The third-order valence-corrected chi connectivity index (χ3v) is 5.30. The van der Waals surface area contributed by atoms with Gasteiger partial charge in [-0.05, 0) is 42.3 Å². The first-order valence-corrected chi connectivity index (χ1v) is 10.5. The largest absolute Gasteiger partial charge is 0.493 e. The van der Waals surface area contributed by atoms with Crippen LogP contribution in [0.25, 0.3) is 0 Å². The first-order chi connectivity index (χ1) is 16.0. The van der Waals surface area contributed by atoms with Crippen molar-refractivity contribution < 1.29 is 19.1 Å². The minimum atomic E-state index is -0.660. The maximum absolute atomic E-state index is 13.2. The van der Waals surface area contributed by atoms with E-state index in [4.69, 9.17) is 9.47 Å². The Morgan fingerprint density at radius 1 is 0.970 bits per heavy atom. The minimum absolute atomic E-state index is 0.307. The van der Waals surface area contributed by atoms with Crippen LogP contribution in [-0.2, 0) is 11.4 Å². The summed E-state index contributed by atoms with van der Waals surface area (Å²) in [7, 11) is 1.57. The standard InChI is InChI=1S/C26H25N3O4/c1-17-23(25(30)28-20-11-7-4-8-12-20)24(29-26(31)27-17)19-13-14-21(32-2)22(15-19)33-16-18-9-5-3-6-10-18/h3-15,24H,16H2,1-2H3,(H,28,30)(H2,27,29,31)/t24-/m0/s1. The third-order valence-electron chi connectivity index (χ3n) is 5.30. The van der Waals surface area contributed by atoms with Gasteiger partial charge >= 0.3 is 6.03 Å². The Hall–Kier alpha value is -4.26. The second-order valence-corrected chi connectivity index (χ2v) is 7.57. The van der Waals surface area contributed by atoms with E-state index < -0.39 is 6.04 Å². The Balaban J connectivity index is 1.64. The molecule has 3 aromatic carbocycles. The van der Waals surface area contributed by atoms with Gasteiger partial charge in [-0.2, -0.15) is 0 Å². The molecule has 1 aliphatic rings. The molecule has 4 rings (SSSR count). The molecule has 0 aromatic heterocycles. The van der Waals surface area contributed by atoms with E-state index in [0.717, 1.165) is 5.56 Å². The van der Waals surface area contributed by atoms with Gasteiger partial charge in [-0.15, -0.1) is 0 Å². The van der Waals surface area contributed by atoms with Crippen LogP contribution in [0.3, 0.4) is 0 Å². The summed E-state index contributed by atoms with van der Waals surface area (Å²) in [6.45, 7) is 2.07. The fraction of sp³-hybridized carbons (Fsp3) is 0.154. The van der Waals surface area contributed by atoms with Crippen molar-refractivity contribution in [2.75, 3.05) is 12.4 Å². The topological polar surface area (TPSA) is 88.7 Å². The molecule has 3 aromatic rings. The predicted molar refractivity (Wildman–Crippen MR) is 126 cm³/mol. The number of para-hydroxylation sites is 1. The Labute approximate surface area is 192 Å². The Bertz CT molecular complexity index is 1180. The molecule has 0 saturated carbocycles. The van der Waals surface area contributed by atoms with Gasteiger partial charge in [0.2, 0.25) is 0 Å². The highest BCUT2D eigenvalue weighted by atomic mass is 16.5. The summed E-state index contributed by atoms with van der Waals surface area (Å²) < 4.78 is 11.5. The number of carbonyl (C=O) groups is 2. The molecule has 1 aliphatic heterocycles. The maximum Gasteiger partial charge on any atom is 0.319 e. The van der Waals surface area contributed by atoms with E-state index in [9.17, 15) is 9.59 Å². The molecule has 7 heteroatoms. The molecule has 0 saturated heterocycles. The summed E-state index contributed by atoms with van der Waals surface area (Å²) in [5.41, 5.74) is 3.28. The molecule has 0 aliphatic carbocycles. The molecule has 3 N–H and O–H groups in total. The molecule has 0 bridgehead atoms. The van der Waals surface area contributed by atoms with Gasteiger partial charge in [-0.25, -0.2) is 4.79 Å². The van der Waals surface area contributed by atoms with Gasteiger partial charge in [0.25, 0.3) is 5.91 Å². The van der Waals surface area contributed by atoms with Gasteiger partial charge < -0.3 is 25.4 Å². The van der Waals surface area contributed by atoms with Gasteiger partial charge in [0.15, 0.2) is 11.5 Å². The SMILES string of the molecule is COc1ccc([C@@H]2NC(=O)NC(C)=C2C(=O)Nc2ccccc2)cc1OCc1ccccc1. The number of hydrogen-bond donors (Lipinski definition) is 3. The van der Waals surface area contributed by atoms with Crippen LogP contribution >= 0.6 is 0 Å². The highest BCUT2D eigenvalue weighted by Crippen LogP contribution is 2.35. The Morgan fingerprint density at radius 3 is 2.36 bits per heavy atom. The molecular weight excluding hydrogens is 418 g/mol. The second kappa shape index (κ2) is 9.91. The van der Waals surface area contributed by atoms with E-state index in [1.165, 1.54) is 0 Å². The number of benzene rings is 3. The zero-order chi connectivity index (χ0) is 23.2. The fourth-order valence-electron chi connectivity index (χ4n) is 3.69. The van der Waals surface area contributed by atoms with Crippen molar-refractivity contribution in [2.45, 2.75) is 19.6 Å². The summed E-state index contributed by atoms with van der Waals surface area (Å²) in [6.07, 6.45) is 0. The summed E-state index contributed by atoms with van der Waals surface area (Å²) in [5, 5.41) is 8.44. The van der Waals surface area contributed by atoms with Crippen molar-refractivity contribution in [2.24, 2.45) is 0 Å². The number of carbonyl (C=O) groups excluding carboxylic acids is 2. The van der Waals surface area contributed by atoms with E-state index >= 15 is 0 Å². The number of rotatable bonds is 7. The molecule has 0 spiro atoms. The normalized spacial score (nSPS) is 15.3. The van der Waals surface area contributed by atoms with Crippen molar-refractivity contribution in [3.63, 3.8) is 0 Å². The lowest BCUT2D eigenvalue weighted by Crippen LogP contribution is -2.46. The molecule has 7 nitrogen and oxygen atoms in total. The molecule has 0 fully saturated rings. The number of amides is 3. The number of nitrogens with one attached hydrogen (secondary N) is 3. The van der Waals surface area contributed by atoms with Gasteiger partial charge in [-0.1, -0.05) is 54.6 Å². The van der Waals surface area contributed by atoms with Gasteiger partial charge in [0.05, 0.1) is 18.7 Å². The lowest BCUT2D eigenvalue weighted by molar-refractivity contribution is -0.113. The maximum atomic E-state index is 13.2. The second-order valence-electron chi connectivity index (χ2n) is 7.57. The average molecular weight is 444 g/mol. The van der Waals surface area contributed by atoms with Crippen molar-refractivity contribution in [3.05, 3.63) is 101 Å². The minimum Gasteiger partial charge on any atom is -0.493 e. The molecule has 3 amide bonds. The quantitative estimate of drug-likeness (QED) is 0.500. The van der Waals surface area contributed by atoms with E-state index in [2.05, 4.69) is 16.0 Å². The zero-order valence-corrected chi connectivity index (χ0v) is 18.4. The highest BCUT2D eigenvalue weighted by Gasteiger charge is 2.31. The van der Waals surface area contributed by atoms with Crippen LogP contribution in [0.5, 0.6) is 11.5 Å². The summed E-state index contributed by atoms with van der Waals surface area (Å²) in [5.74, 6) is 0.775. The summed E-state index contributed by atoms with van der Waals surface area (Å²) >= 11 is 0. The summed E-state index contributed by atoms with van der Waals surface area (Å²) in [4.78, 5) is 25.4. The van der Waals surface area contributed by atoms with E-state index in [0.29, 0.717) is 40.6 Å². The van der Waals surface area contributed by atoms with Crippen molar-refractivity contribution in [1.29, 1.82) is 0 Å². The van der Waals surface area contributed by atoms with E-state index in [-0.39, 0.29) is 11.9 Å². The number of ether oxygens (including phenoxy) is 2. The van der Waals surface area contributed by atoms with Crippen LogP contribution in [0.4, 0.5) is 10.5 Å². The van der Waals surface area contributed by atoms with Crippen molar-refractivity contribution >= 4 is 17.6 Å². The zero-order valence-electron chi connectivity index (χ0n) is 18.4. The van der Waals surface area contributed by atoms with Crippen LogP contribution in [0, 0.1) is 0 Å². The van der Waals surface area contributed by atoms with Gasteiger partial charge in [-0.3, -0.25) is 4.79 Å². The van der Waals surface area contributed by atoms with Crippen molar-refractivity contribution in [3.8, 4) is 11.5 Å². The van der Waals surface area contributed by atoms with Gasteiger partial charge in [0, 0.05) is 11.4 Å². The number of anilines is 1. The number of urea groups is 1. The number of allylic oxidation sites excluding steroid dienone is 1.